The first-order valence-electron chi connectivity index (χ1n) is 11.8. The molecular formula is C27H29F5O. The van der Waals surface area contributed by atoms with Crippen LogP contribution in [0.5, 0.6) is 5.75 Å². The highest BCUT2D eigenvalue weighted by Crippen LogP contribution is 2.38. The van der Waals surface area contributed by atoms with Gasteiger partial charge in [0, 0.05) is 0 Å². The van der Waals surface area contributed by atoms with Crippen LogP contribution in [0, 0.1) is 23.5 Å². The van der Waals surface area contributed by atoms with E-state index in [0.717, 1.165) is 43.2 Å². The number of benzene rings is 2. The van der Waals surface area contributed by atoms with Gasteiger partial charge in [0.15, 0.2) is 0 Å². The summed E-state index contributed by atoms with van der Waals surface area (Å²) in [5.41, 5.74) is 2.24. The van der Waals surface area contributed by atoms with Crippen LogP contribution in [0.25, 0.3) is 17.2 Å². The minimum atomic E-state index is -4.82. The maximum atomic E-state index is 15.3. The maximum absolute atomic E-state index is 15.3. The van der Waals surface area contributed by atoms with E-state index in [2.05, 4.69) is 11.7 Å². The number of ether oxygens (including phenoxy) is 1. The molecule has 0 spiro atoms. The van der Waals surface area contributed by atoms with Crippen molar-refractivity contribution in [3.63, 3.8) is 0 Å². The van der Waals surface area contributed by atoms with Crippen molar-refractivity contribution < 1.29 is 26.7 Å². The summed E-state index contributed by atoms with van der Waals surface area (Å²) in [5, 5.41) is 0. The quantitative estimate of drug-likeness (QED) is 0.388. The van der Waals surface area contributed by atoms with Crippen molar-refractivity contribution in [3.05, 3.63) is 58.7 Å². The highest BCUT2D eigenvalue weighted by atomic mass is 19.4. The fourth-order valence-electron chi connectivity index (χ4n) is 5.24. The fraction of sp³-hybridized carbons (Fsp3) is 0.481. The van der Waals surface area contributed by atoms with Gasteiger partial charge in [-0.3, -0.25) is 0 Å². The fourth-order valence-corrected chi connectivity index (χ4v) is 5.24. The lowest BCUT2D eigenvalue weighted by molar-refractivity contribution is -0.274. The van der Waals surface area contributed by atoms with Crippen LogP contribution >= 0.6 is 0 Å². The predicted octanol–water partition coefficient (Wildman–Crippen LogP) is 8.86. The zero-order valence-electron chi connectivity index (χ0n) is 18.8. The smallest absolute Gasteiger partial charge is 0.406 e. The van der Waals surface area contributed by atoms with Crippen LogP contribution in [0.15, 0.2) is 35.9 Å². The lowest BCUT2D eigenvalue weighted by atomic mass is 9.78. The molecule has 0 amide bonds. The summed E-state index contributed by atoms with van der Waals surface area (Å²) in [6, 6.07) is 5.96. The van der Waals surface area contributed by atoms with E-state index in [-0.39, 0.29) is 11.1 Å². The van der Waals surface area contributed by atoms with Crippen molar-refractivity contribution in [2.75, 3.05) is 0 Å². The monoisotopic (exact) mass is 464 g/mol. The molecule has 0 aromatic heterocycles. The van der Waals surface area contributed by atoms with E-state index in [4.69, 9.17) is 0 Å². The molecule has 0 unspecified atom stereocenters. The Balaban J connectivity index is 1.48. The zero-order chi connectivity index (χ0) is 23.6. The zero-order valence-corrected chi connectivity index (χ0v) is 18.8. The molecule has 0 heterocycles. The SMILES string of the molecule is CCC1CCC(CCC2=Cc3cc(F)c(-c4ccc(OC(F)(F)F)cc4)c(F)c3CC2)CC1. The molecule has 2 aliphatic carbocycles. The van der Waals surface area contributed by atoms with Gasteiger partial charge in [-0.15, -0.1) is 13.2 Å². The summed E-state index contributed by atoms with van der Waals surface area (Å²) in [4.78, 5) is 0. The van der Waals surface area contributed by atoms with Crippen molar-refractivity contribution in [1.29, 1.82) is 0 Å². The molecule has 0 saturated heterocycles. The van der Waals surface area contributed by atoms with Crippen LogP contribution in [0.1, 0.15) is 69.4 Å². The van der Waals surface area contributed by atoms with Gasteiger partial charge in [-0.2, -0.15) is 0 Å². The molecule has 4 rings (SSSR count). The topological polar surface area (TPSA) is 9.23 Å². The molecule has 1 saturated carbocycles. The highest BCUT2D eigenvalue weighted by molar-refractivity contribution is 5.71. The van der Waals surface area contributed by atoms with E-state index < -0.39 is 23.7 Å². The number of hydrogen-bond donors (Lipinski definition) is 0. The van der Waals surface area contributed by atoms with Crippen molar-refractivity contribution in [3.8, 4) is 16.9 Å². The number of allylic oxidation sites excluding steroid dienone is 1. The Kier molecular flexibility index (Phi) is 7.10. The molecule has 1 nitrogen and oxygen atoms in total. The van der Waals surface area contributed by atoms with Crippen molar-refractivity contribution in [2.45, 2.75) is 71.1 Å². The first kappa shape index (κ1) is 23.8. The summed E-state index contributed by atoms with van der Waals surface area (Å²) in [7, 11) is 0. The van der Waals surface area contributed by atoms with E-state index in [1.165, 1.54) is 55.9 Å². The van der Waals surface area contributed by atoms with Crippen LogP contribution < -0.4 is 4.74 Å². The Labute approximate surface area is 191 Å². The molecular weight excluding hydrogens is 435 g/mol. The van der Waals surface area contributed by atoms with Gasteiger partial charge in [-0.05, 0) is 72.4 Å². The summed E-state index contributed by atoms with van der Waals surface area (Å²) < 4.78 is 71.1. The van der Waals surface area contributed by atoms with Gasteiger partial charge >= 0.3 is 6.36 Å². The lowest BCUT2D eigenvalue weighted by Gasteiger charge is -2.28. The van der Waals surface area contributed by atoms with Crippen molar-refractivity contribution >= 4 is 6.08 Å². The van der Waals surface area contributed by atoms with Crippen molar-refractivity contribution in [1.82, 2.24) is 0 Å². The number of halogens is 5. The van der Waals surface area contributed by atoms with Crippen LogP contribution in [0.2, 0.25) is 0 Å². The average Bonchev–Trinajstić information content (AvgIpc) is 2.78. The van der Waals surface area contributed by atoms with E-state index in [1.807, 2.05) is 6.08 Å². The molecule has 6 heteroatoms. The minimum Gasteiger partial charge on any atom is -0.406 e. The number of hydrogen-bond acceptors (Lipinski definition) is 1. The second-order valence-corrected chi connectivity index (χ2v) is 9.32. The Hall–Kier alpha value is -2.37. The molecule has 0 atom stereocenters. The third-order valence-electron chi connectivity index (χ3n) is 7.20. The number of fused-ring (bicyclic) bond motifs is 1. The third-order valence-corrected chi connectivity index (χ3v) is 7.20. The standard InChI is InChI=1S/C27H29F5O/c1-2-17-3-5-18(6-4-17)7-8-19-9-14-23-21(15-19)16-24(28)25(26(23)29)20-10-12-22(13-11-20)33-27(30,31)32/h10-13,15-18H,2-9,14H2,1H3. The molecule has 0 radical (unpaired) electrons. The summed E-state index contributed by atoms with van der Waals surface area (Å²) >= 11 is 0. The van der Waals surface area contributed by atoms with Crippen LogP contribution in [0.4, 0.5) is 22.0 Å². The van der Waals surface area contributed by atoms with Gasteiger partial charge in [0.1, 0.15) is 17.4 Å². The van der Waals surface area contributed by atoms with Gasteiger partial charge in [0.25, 0.3) is 0 Å². The molecule has 2 aromatic rings. The Morgan fingerprint density at radius 3 is 2.24 bits per heavy atom. The first-order chi connectivity index (χ1) is 15.7. The summed E-state index contributed by atoms with van der Waals surface area (Å²) in [5.74, 6) is -0.166. The largest absolute Gasteiger partial charge is 0.573 e. The Morgan fingerprint density at radius 2 is 1.61 bits per heavy atom. The van der Waals surface area contributed by atoms with Gasteiger partial charge in [-0.1, -0.05) is 62.8 Å². The lowest BCUT2D eigenvalue weighted by Crippen LogP contribution is -2.17. The highest BCUT2D eigenvalue weighted by Gasteiger charge is 2.31. The van der Waals surface area contributed by atoms with Crippen molar-refractivity contribution in [2.24, 2.45) is 11.8 Å². The van der Waals surface area contributed by atoms with E-state index in [9.17, 15) is 17.6 Å². The van der Waals surface area contributed by atoms with Gasteiger partial charge in [0.2, 0.25) is 0 Å². The van der Waals surface area contributed by atoms with E-state index in [1.54, 1.807) is 0 Å². The molecule has 0 N–H and O–H groups in total. The Morgan fingerprint density at radius 1 is 0.939 bits per heavy atom. The molecule has 0 aliphatic heterocycles. The second kappa shape index (κ2) is 9.86. The first-order valence-corrected chi connectivity index (χ1v) is 11.8. The van der Waals surface area contributed by atoms with Gasteiger partial charge < -0.3 is 4.74 Å². The minimum absolute atomic E-state index is 0.180. The Bertz CT molecular complexity index is 999. The van der Waals surface area contributed by atoms with Crippen LogP contribution in [-0.4, -0.2) is 6.36 Å². The number of alkyl halides is 3. The molecule has 0 bridgehead atoms. The average molecular weight is 465 g/mol. The summed E-state index contributed by atoms with van der Waals surface area (Å²) in [6.45, 7) is 2.26. The summed E-state index contributed by atoms with van der Waals surface area (Å²) in [6.07, 6.45) is 6.89. The third kappa shape index (κ3) is 5.77. The molecule has 2 aromatic carbocycles. The van der Waals surface area contributed by atoms with E-state index in [0.29, 0.717) is 17.5 Å². The van der Waals surface area contributed by atoms with Gasteiger partial charge in [-0.25, -0.2) is 8.78 Å². The van der Waals surface area contributed by atoms with Crippen LogP contribution in [0.3, 0.4) is 0 Å². The molecule has 33 heavy (non-hydrogen) atoms. The van der Waals surface area contributed by atoms with Gasteiger partial charge in [0.05, 0.1) is 5.56 Å². The molecule has 178 valence electrons. The maximum Gasteiger partial charge on any atom is 0.573 e. The molecule has 1 fully saturated rings. The predicted molar refractivity (Wildman–Crippen MR) is 120 cm³/mol. The second-order valence-electron chi connectivity index (χ2n) is 9.32. The normalized spacial score (nSPS) is 20.8. The number of rotatable bonds is 6. The van der Waals surface area contributed by atoms with E-state index >= 15 is 4.39 Å². The van der Waals surface area contributed by atoms with Crippen LogP contribution in [-0.2, 0) is 6.42 Å². The molecule has 2 aliphatic rings.